The first kappa shape index (κ1) is 10.4. The van der Waals surface area contributed by atoms with Gasteiger partial charge in [0.15, 0.2) is 0 Å². The molecule has 1 heteroatoms. The average Bonchev–Trinajstić information content (AvgIpc) is 2.08. The Kier molecular flexibility index (Phi) is 3.58. The van der Waals surface area contributed by atoms with Crippen LogP contribution in [0, 0.1) is 5.41 Å². The van der Waals surface area contributed by atoms with Crippen LogP contribution in [0.4, 0.5) is 0 Å². The van der Waals surface area contributed by atoms with Crippen LogP contribution >= 0.6 is 0 Å². The van der Waals surface area contributed by atoms with E-state index in [4.69, 9.17) is 4.74 Å². The monoisotopic (exact) mass is 180 g/mol. The number of allylic oxidation sites excluding steroid dienone is 3. The minimum Gasteiger partial charge on any atom is -0.494 e. The Bertz CT molecular complexity index is 211. The molecule has 1 nitrogen and oxygen atoms in total. The predicted molar refractivity (Wildman–Crippen MR) is 56.5 cm³/mol. The summed E-state index contributed by atoms with van der Waals surface area (Å²) in [6, 6.07) is 0. The van der Waals surface area contributed by atoms with Crippen LogP contribution in [0.5, 0.6) is 0 Å². The third-order valence-corrected chi connectivity index (χ3v) is 2.29. The van der Waals surface area contributed by atoms with Crippen LogP contribution in [-0.2, 0) is 4.74 Å². The summed E-state index contributed by atoms with van der Waals surface area (Å²) in [5.74, 6) is 1.05. The molecule has 0 fully saturated rings. The van der Waals surface area contributed by atoms with Crippen molar-refractivity contribution in [2.45, 2.75) is 40.0 Å². The molecule has 1 rings (SSSR count). The van der Waals surface area contributed by atoms with Gasteiger partial charge < -0.3 is 4.74 Å². The SMILES string of the molecule is CCCCOC1=CCC(C)(C)C=C1. The lowest BCUT2D eigenvalue weighted by Gasteiger charge is -2.22. The third kappa shape index (κ3) is 3.67. The highest BCUT2D eigenvalue weighted by Gasteiger charge is 2.16. The summed E-state index contributed by atoms with van der Waals surface area (Å²) in [6.07, 6.45) is 9.95. The van der Waals surface area contributed by atoms with Crippen LogP contribution in [0.3, 0.4) is 0 Å². The summed E-state index contributed by atoms with van der Waals surface area (Å²) in [5, 5.41) is 0. The van der Waals surface area contributed by atoms with Gasteiger partial charge in [-0.15, -0.1) is 0 Å². The van der Waals surface area contributed by atoms with Gasteiger partial charge in [0, 0.05) is 0 Å². The molecule has 0 amide bonds. The normalized spacial score (nSPS) is 19.8. The van der Waals surface area contributed by atoms with Crippen LogP contribution < -0.4 is 0 Å². The van der Waals surface area contributed by atoms with Crippen molar-refractivity contribution < 1.29 is 4.74 Å². The van der Waals surface area contributed by atoms with Crippen molar-refractivity contribution in [1.82, 2.24) is 0 Å². The maximum absolute atomic E-state index is 5.59. The molecule has 0 bridgehead atoms. The second-order valence-electron chi connectivity index (χ2n) is 4.33. The Morgan fingerprint density at radius 2 is 2.23 bits per heavy atom. The van der Waals surface area contributed by atoms with Crippen molar-refractivity contribution in [1.29, 1.82) is 0 Å². The fourth-order valence-electron chi connectivity index (χ4n) is 1.25. The van der Waals surface area contributed by atoms with Crippen molar-refractivity contribution in [2.24, 2.45) is 5.41 Å². The van der Waals surface area contributed by atoms with Crippen molar-refractivity contribution in [2.75, 3.05) is 6.61 Å². The van der Waals surface area contributed by atoms with Crippen LogP contribution in [0.1, 0.15) is 40.0 Å². The molecule has 0 N–H and O–H groups in total. The minimum atomic E-state index is 0.317. The van der Waals surface area contributed by atoms with E-state index in [0.29, 0.717) is 5.41 Å². The lowest BCUT2D eigenvalue weighted by molar-refractivity contribution is 0.214. The Morgan fingerprint density at radius 1 is 1.46 bits per heavy atom. The van der Waals surface area contributed by atoms with Crippen molar-refractivity contribution in [3.8, 4) is 0 Å². The number of rotatable bonds is 4. The van der Waals surface area contributed by atoms with Gasteiger partial charge in [-0.05, 0) is 30.4 Å². The van der Waals surface area contributed by atoms with E-state index in [0.717, 1.165) is 25.2 Å². The van der Waals surface area contributed by atoms with Gasteiger partial charge in [-0.3, -0.25) is 0 Å². The van der Waals surface area contributed by atoms with Crippen LogP contribution in [0.2, 0.25) is 0 Å². The van der Waals surface area contributed by atoms with Gasteiger partial charge in [0.2, 0.25) is 0 Å². The summed E-state index contributed by atoms with van der Waals surface area (Å²) in [4.78, 5) is 0. The van der Waals surface area contributed by atoms with Crippen molar-refractivity contribution in [3.05, 3.63) is 24.0 Å². The summed E-state index contributed by atoms with van der Waals surface area (Å²) in [7, 11) is 0. The zero-order valence-electron chi connectivity index (χ0n) is 8.97. The molecule has 1 aliphatic carbocycles. The van der Waals surface area contributed by atoms with Gasteiger partial charge in [-0.25, -0.2) is 0 Å². The molecule has 0 aromatic heterocycles. The molecule has 0 radical (unpaired) electrons. The Morgan fingerprint density at radius 3 is 2.77 bits per heavy atom. The molecule has 0 atom stereocenters. The molecule has 0 heterocycles. The lowest BCUT2D eigenvalue weighted by atomic mass is 9.86. The first-order valence-electron chi connectivity index (χ1n) is 5.16. The fraction of sp³-hybridized carbons (Fsp3) is 0.667. The summed E-state index contributed by atoms with van der Waals surface area (Å²) < 4.78 is 5.59. The number of unbranched alkanes of at least 4 members (excludes halogenated alkanes) is 1. The second-order valence-corrected chi connectivity index (χ2v) is 4.33. The van der Waals surface area contributed by atoms with Gasteiger partial charge in [-0.1, -0.05) is 33.3 Å². The average molecular weight is 180 g/mol. The van der Waals surface area contributed by atoms with Gasteiger partial charge in [0.1, 0.15) is 5.76 Å². The highest BCUT2D eigenvalue weighted by atomic mass is 16.5. The van der Waals surface area contributed by atoms with Gasteiger partial charge in [-0.2, -0.15) is 0 Å². The molecule has 0 unspecified atom stereocenters. The summed E-state index contributed by atoms with van der Waals surface area (Å²) in [5.41, 5.74) is 0.317. The maximum Gasteiger partial charge on any atom is 0.115 e. The highest BCUT2D eigenvalue weighted by molar-refractivity contribution is 5.20. The number of ether oxygens (including phenoxy) is 1. The van der Waals surface area contributed by atoms with Gasteiger partial charge in [0.05, 0.1) is 6.61 Å². The van der Waals surface area contributed by atoms with Crippen LogP contribution in [0.15, 0.2) is 24.0 Å². The first-order valence-corrected chi connectivity index (χ1v) is 5.16. The molecule has 1 aliphatic rings. The third-order valence-electron chi connectivity index (χ3n) is 2.29. The molecular formula is C12H20O. The lowest BCUT2D eigenvalue weighted by Crippen LogP contribution is -2.10. The molecule has 0 saturated heterocycles. The van der Waals surface area contributed by atoms with E-state index in [-0.39, 0.29) is 0 Å². The molecule has 0 aromatic rings. The van der Waals surface area contributed by atoms with E-state index in [1.165, 1.54) is 6.42 Å². The molecule has 0 aliphatic heterocycles. The van der Waals surface area contributed by atoms with Crippen molar-refractivity contribution >= 4 is 0 Å². The first-order chi connectivity index (χ1) is 6.14. The highest BCUT2D eigenvalue weighted by Crippen LogP contribution is 2.28. The second kappa shape index (κ2) is 4.50. The quantitative estimate of drug-likeness (QED) is 0.600. The fourth-order valence-corrected chi connectivity index (χ4v) is 1.25. The van der Waals surface area contributed by atoms with E-state index in [1.54, 1.807) is 0 Å². The Labute approximate surface area is 81.5 Å². The molecule has 0 spiro atoms. The molecule has 74 valence electrons. The van der Waals surface area contributed by atoms with E-state index in [1.807, 2.05) is 0 Å². The van der Waals surface area contributed by atoms with E-state index < -0.39 is 0 Å². The molecular weight excluding hydrogens is 160 g/mol. The zero-order chi connectivity index (χ0) is 9.73. The summed E-state index contributed by atoms with van der Waals surface area (Å²) >= 11 is 0. The molecule has 13 heavy (non-hydrogen) atoms. The smallest absolute Gasteiger partial charge is 0.115 e. The van der Waals surface area contributed by atoms with Crippen molar-refractivity contribution in [3.63, 3.8) is 0 Å². The standard InChI is InChI=1S/C12H20O/c1-4-5-10-13-11-6-8-12(2,3)9-7-11/h6-8H,4-5,9-10H2,1-3H3. The van der Waals surface area contributed by atoms with Gasteiger partial charge >= 0.3 is 0 Å². The molecule has 0 aromatic carbocycles. The molecule has 0 saturated carbocycles. The van der Waals surface area contributed by atoms with E-state index >= 15 is 0 Å². The largest absolute Gasteiger partial charge is 0.494 e. The van der Waals surface area contributed by atoms with Crippen LogP contribution in [-0.4, -0.2) is 6.61 Å². The summed E-state index contributed by atoms with van der Waals surface area (Å²) in [6.45, 7) is 7.51. The van der Waals surface area contributed by atoms with Crippen LogP contribution in [0.25, 0.3) is 0 Å². The number of hydrogen-bond acceptors (Lipinski definition) is 1. The van der Waals surface area contributed by atoms with E-state index in [2.05, 4.69) is 39.0 Å². The maximum atomic E-state index is 5.59. The Balaban J connectivity index is 2.31. The Hall–Kier alpha value is -0.720. The predicted octanol–water partition coefficient (Wildman–Crippen LogP) is 3.67. The van der Waals surface area contributed by atoms with E-state index in [9.17, 15) is 0 Å². The topological polar surface area (TPSA) is 9.23 Å². The minimum absolute atomic E-state index is 0.317. The number of hydrogen-bond donors (Lipinski definition) is 0. The zero-order valence-corrected chi connectivity index (χ0v) is 8.97. The van der Waals surface area contributed by atoms with Gasteiger partial charge in [0.25, 0.3) is 0 Å².